The van der Waals surface area contributed by atoms with Crippen molar-refractivity contribution in [1.29, 1.82) is 0 Å². The van der Waals surface area contributed by atoms with Crippen molar-refractivity contribution >= 4 is 39.5 Å². The molecule has 0 saturated heterocycles. The monoisotopic (exact) mass is 1480 g/mol. The third-order valence-corrected chi connectivity index (χ3v) is 21.7. The number of carbonyl (C=O) groups excluding carboxylic acids is 4. The number of phosphoric acid groups is 2. The van der Waals surface area contributed by atoms with E-state index in [1.54, 1.807) is 0 Å². The molecule has 0 radical (unpaired) electrons. The van der Waals surface area contributed by atoms with Crippen LogP contribution in [0, 0.1) is 23.7 Å². The van der Waals surface area contributed by atoms with Crippen LogP contribution >= 0.6 is 15.6 Å². The molecule has 0 aromatic heterocycles. The van der Waals surface area contributed by atoms with Crippen molar-refractivity contribution in [3.05, 3.63) is 0 Å². The van der Waals surface area contributed by atoms with Crippen LogP contribution in [0.25, 0.3) is 0 Å². The smallest absolute Gasteiger partial charge is 0.462 e. The van der Waals surface area contributed by atoms with Gasteiger partial charge in [-0.25, -0.2) is 9.13 Å². The second-order valence-electron chi connectivity index (χ2n) is 31.0. The third kappa shape index (κ3) is 73.4. The highest BCUT2D eigenvalue weighted by Crippen LogP contribution is 2.45. The van der Waals surface area contributed by atoms with Crippen LogP contribution in [-0.2, 0) is 65.4 Å². The van der Waals surface area contributed by atoms with Crippen molar-refractivity contribution in [3.8, 4) is 0 Å². The molecule has 600 valence electrons. The van der Waals surface area contributed by atoms with E-state index in [0.29, 0.717) is 25.7 Å². The molecule has 0 saturated carbocycles. The Morgan fingerprint density at radius 1 is 0.277 bits per heavy atom. The lowest BCUT2D eigenvalue weighted by Gasteiger charge is -2.21. The molecule has 3 N–H and O–H groups in total. The molecule has 0 amide bonds. The highest BCUT2D eigenvalue weighted by molar-refractivity contribution is 7.47. The Morgan fingerprint density at radius 3 is 0.703 bits per heavy atom. The molecule has 0 rings (SSSR count). The molecule has 17 nitrogen and oxygen atoms in total. The summed E-state index contributed by atoms with van der Waals surface area (Å²) in [6.07, 6.45) is 58.5. The van der Waals surface area contributed by atoms with E-state index >= 15 is 0 Å². The molecule has 0 bridgehead atoms. The van der Waals surface area contributed by atoms with E-state index in [-0.39, 0.29) is 25.7 Å². The topological polar surface area (TPSA) is 237 Å². The number of ether oxygens (including phenoxy) is 4. The summed E-state index contributed by atoms with van der Waals surface area (Å²) < 4.78 is 68.7. The molecule has 0 aromatic rings. The fourth-order valence-corrected chi connectivity index (χ4v) is 14.1. The number of esters is 4. The molecule has 0 aromatic carbocycles. The Morgan fingerprint density at radius 2 is 0.475 bits per heavy atom. The lowest BCUT2D eigenvalue weighted by molar-refractivity contribution is -0.161. The van der Waals surface area contributed by atoms with E-state index in [9.17, 15) is 43.2 Å². The molecule has 0 spiro atoms. The number of hydrogen-bond donors (Lipinski definition) is 3. The summed E-state index contributed by atoms with van der Waals surface area (Å²) in [7, 11) is -9.92. The largest absolute Gasteiger partial charge is 0.472 e. The summed E-state index contributed by atoms with van der Waals surface area (Å²) in [5, 5.41) is 10.6. The van der Waals surface area contributed by atoms with Gasteiger partial charge in [0.2, 0.25) is 0 Å². The number of hydrogen-bond acceptors (Lipinski definition) is 15. The van der Waals surface area contributed by atoms with Gasteiger partial charge in [0, 0.05) is 25.7 Å². The predicted octanol–water partition coefficient (Wildman–Crippen LogP) is 24.4. The van der Waals surface area contributed by atoms with Gasteiger partial charge >= 0.3 is 39.5 Å². The summed E-state index contributed by atoms with van der Waals surface area (Å²) >= 11 is 0. The third-order valence-electron chi connectivity index (χ3n) is 19.8. The minimum absolute atomic E-state index is 0.102. The van der Waals surface area contributed by atoms with E-state index in [4.69, 9.17) is 37.0 Å². The molecule has 0 aliphatic heterocycles. The molecule has 0 heterocycles. The van der Waals surface area contributed by atoms with Crippen LogP contribution in [0.15, 0.2) is 0 Å². The summed E-state index contributed by atoms with van der Waals surface area (Å²) in [4.78, 5) is 73.0. The van der Waals surface area contributed by atoms with Crippen LogP contribution in [0.1, 0.15) is 421 Å². The number of rotatable bonds is 79. The van der Waals surface area contributed by atoms with E-state index in [1.165, 1.54) is 225 Å². The van der Waals surface area contributed by atoms with Crippen LogP contribution in [0.2, 0.25) is 0 Å². The summed E-state index contributed by atoms with van der Waals surface area (Å²) in [5.74, 6) is 1.01. The number of phosphoric ester groups is 2. The van der Waals surface area contributed by atoms with Crippen molar-refractivity contribution in [2.45, 2.75) is 440 Å². The predicted molar refractivity (Wildman–Crippen MR) is 414 cm³/mol. The van der Waals surface area contributed by atoms with Gasteiger partial charge in [-0.3, -0.25) is 37.3 Å². The van der Waals surface area contributed by atoms with Crippen molar-refractivity contribution in [3.63, 3.8) is 0 Å². The Balaban J connectivity index is 5.20. The van der Waals surface area contributed by atoms with Gasteiger partial charge in [0.05, 0.1) is 26.4 Å². The van der Waals surface area contributed by atoms with Gasteiger partial charge in [-0.1, -0.05) is 370 Å². The Hall–Kier alpha value is -1.94. The highest BCUT2D eigenvalue weighted by Gasteiger charge is 2.30. The first-order valence-corrected chi connectivity index (χ1v) is 45.3. The standard InChI is InChI=1S/C82H160O17P2/c1-9-74(7)60-52-44-36-29-25-21-17-13-11-12-14-18-23-27-31-39-48-56-64-81(86)98-77(68-92-79(84)62-54-46-37-30-26-22-19-15-16-20-24-28-34-42-50-58-72(3)4)70-96-100(88,89)94-66-76(83)67-95-101(90,91)97-71-78(99-82(87)65-57-49-41-40-45-53-61-75(8)10-2)69-93-80(85)63-55-47-38-33-32-35-43-51-59-73(5)6/h72-78,83H,9-71H2,1-8H3,(H,88,89)(H,90,91)/t74?,75?,76?,77-,78-/m1/s1. The van der Waals surface area contributed by atoms with E-state index < -0.39 is 97.5 Å². The summed E-state index contributed by atoms with van der Waals surface area (Å²) in [5.41, 5.74) is 0. The zero-order valence-corrected chi connectivity index (χ0v) is 68.3. The van der Waals surface area contributed by atoms with Gasteiger partial charge in [0.1, 0.15) is 19.3 Å². The fraction of sp³-hybridized carbons (Fsp3) is 0.951. The van der Waals surface area contributed by atoms with Crippen LogP contribution in [0.4, 0.5) is 0 Å². The molecule has 101 heavy (non-hydrogen) atoms. The molecular formula is C82H160O17P2. The minimum atomic E-state index is -4.96. The van der Waals surface area contributed by atoms with Crippen LogP contribution in [0.3, 0.4) is 0 Å². The first-order chi connectivity index (χ1) is 48.7. The first-order valence-electron chi connectivity index (χ1n) is 42.3. The highest BCUT2D eigenvalue weighted by atomic mass is 31.2. The minimum Gasteiger partial charge on any atom is -0.462 e. The average molecular weight is 1480 g/mol. The van der Waals surface area contributed by atoms with Crippen molar-refractivity contribution in [2.24, 2.45) is 23.7 Å². The molecule has 0 fully saturated rings. The summed E-state index contributed by atoms with van der Waals surface area (Å²) in [6.45, 7) is 14.3. The van der Waals surface area contributed by atoms with Crippen molar-refractivity contribution in [1.82, 2.24) is 0 Å². The maximum absolute atomic E-state index is 13.1. The second-order valence-corrected chi connectivity index (χ2v) is 33.9. The average Bonchev–Trinajstić information content (AvgIpc) is 1.02. The van der Waals surface area contributed by atoms with Crippen LogP contribution in [-0.4, -0.2) is 96.7 Å². The fourth-order valence-electron chi connectivity index (χ4n) is 12.5. The van der Waals surface area contributed by atoms with Gasteiger partial charge < -0.3 is 33.8 Å². The van der Waals surface area contributed by atoms with E-state index in [0.717, 1.165) is 114 Å². The van der Waals surface area contributed by atoms with Crippen molar-refractivity contribution in [2.75, 3.05) is 39.6 Å². The maximum atomic E-state index is 13.1. The maximum Gasteiger partial charge on any atom is 0.472 e. The SMILES string of the molecule is CCC(C)CCCCCCCCCCCCCCCCCCCCC(=O)O[C@H](COC(=O)CCCCCCCCCCCCCCCCCC(C)C)COP(=O)(O)OCC(O)COP(=O)(O)OC[C@@H](COC(=O)CCCCCCCCCCC(C)C)OC(=O)CCCCCCCCC(C)CC. The Bertz CT molecular complexity index is 1980. The first kappa shape index (κ1) is 99.1. The second kappa shape index (κ2) is 71.0. The number of carbonyl (C=O) groups is 4. The van der Waals surface area contributed by atoms with Crippen molar-refractivity contribution < 1.29 is 80.2 Å². The molecule has 0 aliphatic carbocycles. The van der Waals surface area contributed by atoms with Gasteiger partial charge in [-0.2, -0.15) is 0 Å². The molecule has 19 heteroatoms. The Labute approximate surface area is 619 Å². The number of unbranched alkanes of at least 4 members (excludes halogenated alkanes) is 43. The lowest BCUT2D eigenvalue weighted by Crippen LogP contribution is -2.30. The van der Waals surface area contributed by atoms with Gasteiger partial charge in [0.15, 0.2) is 12.2 Å². The summed E-state index contributed by atoms with van der Waals surface area (Å²) in [6, 6.07) is 0. The van der Waals surface area contributed by atoms with E-state index in [1.807, 2.05) is 0 Å². The van der Waals surface area contributed by atoms with Gasteiger partial charge in [0.25, 0.3) is 0 Å². The molecular weight excluding hydrogens is 1320 g/mol. The molecule has 0 aliphatic rings. The van der Waals surface area contributed by atoms with Crippen LogP contribution in [0.5, 0.6) is 0 Å². The van der Waals surface area contributed by atoms with E-state index in [2.05, 4.69) is 55.4 Å². The zero-order valence-electron chi connectivity index (χ0n) is 66.5. The van der Waals surface area contributed by atoms with Gasteiger partial charge in [-0.15, -0.1) is 0 Å². The quantitative estimate of drug-likeness (QED) is 0.0222. The number of aliphatic hydroxyl groups is 1. The van der Waals surface area contributed by atoms with Gasteiger partial charge in [-0.05, 0) is 49.4 Å². The zero-order chi connectivity index (χ0) is 74.6. The number of aliphatic hydroxyl groups excluding tert-OH is 1. The lowest BCUT2D eigenvalue weighted by atomic mass is 9.99. The molecule has 7 atom stereocenters. The van der Waals surface area contributed by atoms with Crippen LogP contribution < -0.4 is 0 Å². The Kier molecular flexibility index (Phi) is 69.6. The molecule has 5 unspecified atom stereocenters. The normalized spacial score (nSPS) is 14.5.